The number of amides is 1. The first kappa shape index (κ1) is 22.1. The van der Waals surface area contributed by atoms with Crippen LogP contribution in [0.15, 0.2) is 29.2 Å². The van der Waals surface area contributed by atoms with Crippen molar-refractivity contribution < 1.29 is 13.2 Å². The summed E-state index contributed by atoms with van der Waals surface area (Å²) in [5.74, 6) is -0.192. The summed E-state index contributed by atoms with van der Waals surface area (Å²) in [4.78, 5) is 15.1. The molecule has 2 bridgehead atoms. The maximum Gasteiger partial charge on any atom is 0.242 e. The van der Waals surface area contributed by atoms with Gasteiger partial charge in [0.05, 0.1) is 10.8 Å². The van der Waals surface area contributed by atoms with Gasteiger partial charge in [0.1, 0.15) is 0 Å². The van der Waals surface area contributed by atoms with Crippen LogP contribution >= 0.6 is 12.4 Å². The number of benzene rings is 1. The number of nitrogens with zero attached hydrogens (tertiary/aromatic N) is 2. The van der Waals surface area contributed by atoms with Gasteiger partial charge in [0, 0.05) is 39.3 Å². The number of nitrogens with one attached hydrogen (secondary N) is 1. The van der Waals surface area contributed by atoms with Crippen LogP contribution in [-0.4, -0.2) is 62.8 Å². The van der Waals surface area contributed by atoms with E-state index >= 15 is 0 Å². The van der Waals surface area contributed by atoms with Crippen molar-refractivity contribution in [3.63, 3.8) is 0 Å². The molecule has 1 aromatic rings. The van der Waals surface area contributed by atoms with Crippen LogP contribution < -0.4 is 5.32 Å². The van der Waals surface area contributed by atoms with E-state index in [1.807, 2.05) is 18.9 Å². The SMILES string of the molecule is CC(C(=O)N(C)C1CC2CCC(C1)N2)c1ccc(S(=O)(=O)N(C)C)cc1.Cl. The number of sulfonamides is 1. The number of hydrogen-bond donors (Lipinski definition) is 1. The Morgan fingerprint density at radius 1 is 1.07 bits per heavy atom. The molecule has 0 saturated carbocycles. The summed E-state index contributed by atoms with van der Waals surface area (Å²) in [6.07, 6.45) is 4.46. The first-order valence-corrected chi connectivity index (χ1v) is 10.7. The molecular formula is C19H30ClN3O3S. The lowest BCUT2D eigenvalue weighted by Crippen LogP contribution is -2.49. The van der Waals surface area contributed by atoms with E-state index in [9.17, 15) is 13.2 Å². The van der Waals surface area contributed by atoms with E-state index < -0.39 is 10.0 Å². The monoisotopic (exact) mass is 415 g/mol. The Hall–Kier alpha value is -1.15. The highest BCUT2D eigenvalue weighted by atomic mass is 35.5. The zero-order valence-corrected chi connectivity index (χ0v) is 18.0. The zero-order chi connectivity index (χ0) is 19.1. The second-order valence-corrected chi connectivity index (χ2v) is 9.94. The minimum Gasteiger partial charge on any atom is -0.342 e. The van der Waals surface area contributed by atoms with Gasteiger partial charge in [-0.2, -0.15) is 0 Å². The molecule has 0 spiro atoms. The number of likely N-dealkylation sites (N-methyl/N-ethyl adjacent to an activating group) is 1. The number of rotatable bonds is 5. The standard InChI is InChI=1S/C19H29N3O3S.ClH/c1-13(14-5-9-18(10-6-14)26(24,25)21(2)3)19(23)22(4)17-11-15-7-8-16(12-17)20-15;/h5-6,9-10,13,15-17,20H,7-8,11-12H2,1-4H3;1H. The molecule has 152 valence electrons. The molecule has 0 aliphatic carbocycles. The smallest absolute Gasteiger partial charge is 0.242 e. The van der Waals surface area contributed by atoms with Crippen molar-refractivity contribution in [2.75, 3.05) is 21.1 Å². The van der Waals surface area contributed by atoms with E-state index in [-0.39, 0.29) is 35.2 Å². The van der Waals surface area contributed by atoms with Crippen LogP contribution in [0.25, 0.3) is 0 Å². The maximum absolute atomic E-state index is 12.9. The van der Waals surface area contributed by atoms with Gasteiger partial charge >= 0.3 is 0 Å². The minimum absolute atomic E-state index is 0. The van der Waals surface area contributed by atoms with Gasteiger partial charge in [-0.1, -0.05) is 12.1 Å². The Morgan fingerprint density at radius 3 is 2.07 bits per heavy atom. The van der Waals surface area contributed by atoms with Crippen molar-refractivity contribution >= 4 is 28.3 Å². The second kappa shape index (κ2) is 8.47. The molecule has 3 rings (SSSR count). The molecule has 0 radical (unpaired) electrons. The molecule has 2 aliphatic rings. The Morgan fingerprint density at radius 2 is 1.59 bits per heavy atom. The number of hydrogen-bond acceptors (Lipinski definition) is 4. The van der Waals surface area contributed by atoms with Gasteiger partial charge in [-0.15, -0.1) is 12.4 Å². The van der Waals surface area contributed by atoms with Gasteiger partial charge in [-0.3, -0.25) is 4.79 Å². The Kier molecular flexibility index (Phi) is 6.95. The van der Waals surface area contributed by atoms with E-state index in [4.69, 9.17) is 0 Å². The quantitative estimate of drug-likeness (QED) is 0.800. The Balaban J connectivity index is 0.00000261. The molecule has 1 aromatic carbocycles. The fourth-order valence-electron chi connectivity index (χ4n) is 4.11. The molecular weight excluding hydrogens is 386 g/mol. The van der Waals surface area contributed by atoms with Crippen molar-refractivity contribution in [1.82, 2.24) is 14.5 Å². The number of carbonyl (C=O) groups is 1. The summed E-state index contributed by atoms with van der Waals surface area (Å²) in [7, 11) is 1.48. The summed E-state index contributed by atoms with van der Waals surface area (Å²) in [5.41, 5.74) is 0.844. The molecule has 2 aliphatic heterocycles. The molecule has 8 heteroatoms. The van der Waals surface area contributed by atoms with Gasteiger partial charge in [0.25, 0.3) is 0 Å². The van der Waals surface area contributed by atoms with Crippen LogP contribution in [0.4, 0.5) is 0 Å². The maximum atomic E-state index is 12.9. The molecule has 3 atom stereocenters. The number of piperidine rings is 1. The minimum atomic E-state index is -3.45. The van der Waals surface area contributed by atoms with Crippen LogP contribution in [0.5, 0.6) is 0 Å². The van der Waals surface area contributed by atoms with Crippen molar-refractivity contribution in [3.05, 3.63) is 29.8 Å². The molecule has 3 unspecified atom stereocenters. The van der Waals surface area contributed by atoms with Crippen molar-refractivity contribution in [1.29, 1.82) is 0 Å². The molecule has 6 nitrogen and oxygen atoms in total. The highest BCUT2D eigenvalue weighted by Crippen LogP contribution is 2.31. The summed E-state index contributed by atoms with van der Waals surface area (Å²) in [5, 5.41) is 3.61. The van der Waals surface area contributed by atoms with Gasteiger partial charge in [0.15, 0.2) is 0 Å². The fourth-order valence-corrected chi connectivity index (χ4v) is 5.01. The van der Waals surface area contributed by atoms with E-state index in [0.29, 0.717) is 12.1 Å². The normalized spacial score (nSPS) is 25.7. The van der Waals surface area contributed by atoms with Crippen molar-refractivity contribution in [2.45, 2.75) is 61.5 Å². The molecule has 2 heterocycles. The topological polar surface area (TPSA) is 69.7 Å². The second-order valence-electron chi connectivity index (χ2n) is 7.79. The summed E-state index contributed by atoms with van der Waals surface area (Å²) >= 11 is 0. The first-order valence-electron chi connectivity index (χ1n) is 9.25. The van der Waals surface area contributed by atoms with Crippen LogP contribution in [0, 0.1) is 0 Å². The van der Waals surface area contributed by atoms with Crippen LogP contribution in [-0.2, 0) is 14.8 Å². The molecule has 2 saturated heterocycles. The Labute approximate surface area is 168 Å². The molecule has 1 N–H and O–H groups in total. The third kappa shape index (κ3) is 4.47. The highest BCUT2D eigenvalue weighted by Gasteiger charge is 2.37. The van der Waals surface area contributed by atoms with E-state index in [2.05, 4.69) is 5.32 Å². The van der Waals surface area contributed by atoms with Gasteiger partial charge in [-0.25, -0.2) is 12.7 Å². The van der Waals surface area contributed by atoms with Crippen LogP contribution in [0.1, 0.15) is 44.1 Å². The summed E-state index contributed by atoms with van der Waals surface area (Å²) in [6, 6.07) is 8.03. The van der Waals surface area contributed by atoms with Gasteiger partial charge in [0.2, 0.25) is 15.9 Å². The lowest BCUT2D eigenvalue weighted by molar-refractivity contribution is -0.133. The lowest BCUT2D eigenvalue weighted by Gasteiger charge is -2.36. The third-order valence-electron chi connectivity index (χ3n) is 5.87. The zero-order valence-electron chi connectivity index (χ0n) is 16.4. The molecule has 0 aromatic heterocycles. The van der Waals surface area contributed by atoms with Gasteiger partial charge in [-0.05, 0) is 50.3 Å². The fraction of sp³-hybridized carbons (Fsp3) is 0.632. The van der Waals surface area contributed by atoms with E-state index in [1.165, 1.54) is 31.2 Å². The largest absolute Gasteiger partial charge is 0.342 e. The third-order valence-corrected chi connectivity index (χ3v) is 7.70. The highest BCUT2D eigenvalue weighted by molar-refractivity contribution is 7.89. The van der Waals surface area contributed by atoms with Crippen molar-refractivity contribution in [3.8, 4) is 0 Å². The van der Waals surface area contributed by atoms with Gasteiger partial charge < -0.3 is 10.2 Å². The lowest BCUT2D eigenvalue weighted by atomic mass is 9.95. The number of halogens is 1. The first-order chi connectivity index (χ1) is 12.2. The summed E-state index contributed by atoms with van der Waals surface area (Å²) in [6.45, 7) is 1.89. The average molecular weight is 416 g/mol. The molecule has 2 fully saturated rings. The average Bonchev–Trinajstić information content (AvgIpc) is 2.97. The van der Waals surface area contributed by atoms with E-state index in [0.717, 1.165) is 18.4 Å². The predicted molar refractivity (Wildman–Crippen MR) is 109 cm³/mol. The number of carbonyl (C=O) groups excluding carboxylic acids is 1. The molecule has 27 heavy (non-hydrogen) atoms. The number of fused-ring (bicyclic) bond motifs is 2. The van der Waals surface area contributed by atoms with Crippen molar-refractivity contribution in [2.24, 2.45) is 0 Å². The molecule has 1 amide bonds. The van der Waals surface area contributed by atoms with Crippen LogP contribution in [0.3, 0.4) is 0 Å². The summed E-state index contributed by atoms with van der Waals surface area (Å²) < 4.78 is 25.5. The predicted octanol–water partition coefficient (Wildman–Crippen LogP) is 2.20. The van der Waals surface area contributed by atoms with E-state index in [1.54, 1.807) is 24.3 Å². The van der Waals surface area contributed by atoms with Crippen LogP contribution in [0.2, 0.25) is 0 Å². The Bertz CT molecular complexity index is 755.